The maximum atomic E-state index is 12.0. The van der Waals surface area contributed by atoms with Gasteiger partial charge < -0.3 is 14.8 Å². The van der Waals surface area contributed by atoms with Crippen molar-refractivity contribution in [3.8, 4) is 5.75 Å². The van der Waals surface area contributed by atoms with E-state index in [0.29, 0.717) is 11.7 Å². The van der Waals surface area contributed by atoms with Crippen molar-refractivity contribution in [3.63, 3.8) is 0 Å². The van der Waals surface area contributed by atoms with Gasteiger partial charge in [0.1, 0.15) is 5.75 Å². The van der Waals surface area contributed by atoms with Crippen LogP contribution in [0, 0.1) is 0 Å². The molecule has 24 heavy (non-hydrogen) atoms. The van der Waals surface area contributed by atoms with Crippen LogP contribution in [0.5, 0.6) is 5.75 Å². The predicted octanol–water partition coefficient (Wildman–Crippen LogP) is 3.18. The predicted molar refractivity (Wildman–Crippen MR) is 92.0 cm³/mol. The summed E-state index contributed by atoms with van der Waals surface area (Å²) in [6.45, 7) is 5.61. The first-order chi connectivity index (χ1) is 11.5. The van der Waals surface area contributed by atoms with E-state index in [4.69, 9.17) is 9.47 Å². The topological polar surface area (TPSA) is 64.6 Å². The minimum atomic E-state index is -0.801. The lowest BCUT2D eigenvalue weighted by molar-refractivity contribution is -0.156. The lowest BCUT2D eigenvalue weighted by atomic mass is 10.0. The average molecular weight is 333 g/mol. The molecule has 1 N–H and O–H groups in total. The smallest absolute Gasteiger partial charge is 0.344 e. The monoisotopic (exact) mass is 333 g/mol. The summed E-state index contributed by atoms with van der Waals surface area (Å²) in [6.07, 6.45) is 3.49. The third kappa shape index (κ3) is 5.55. The molecule has 2 rings (SSSR count). The van der Waals surface area contributed by atoms with Crippen molar-refractivity contribution in [2.45, 2.75) is 64.5 Å². The fraction of sp³-hybridized carbons (Fsp3) is 0.579. The summed E-state index contributed by atoms with van der Waals surface area (Å²) in [5.74, 6) is 0.274. The summed E-state index contributed by atoms with van der Waals surface area (Å²) in [5.41, 5.74) is 1.21. The van der Waals surface area contributed by atoms with E-state index in [1.807, 2.05) is 24.3 Å². The molecule has 5 nitrogen and oxygen atoms in total. The lowest BCUT2D eigenvalue weighted by Crippen LogP contribution is -2.41. The molecule has 1 aliphatic rings. The van der Waals surface area contributed by atoms with Gasteiger partial charge in [0.25, 0.3) is 5.91 Å². The molecule has 0 bridgehead atoms. The van der Waals surface area contributed by atoms with Crippen LogP contribution in [0.3, 0.4) is 0 Å². The van der Waals surface area contributed by atoms with Gasteiger partial charge in [0.15, 0.2) is 12.7 Å². The Bertz CT molecular complexity index is 547. The second-order valence-corrected chi connectivity index (χ2v) is 6.63. The standard InChI is InChI=1S/C19H27NO4/c1-13(2)15-8-10-17(11-9-15)23-12-18(21)24-14(3)19(22)20-16-6-4-5-7-16/h8-11,13-14,16H,4-7,12H2,1-3H3,(H,20,22)/t14-/m1/s1. The quantitative estimate of drug-likeness (QED) is 0.778. The van der Waals surface area contributed by atoms with Crippen LogP contribution in [0.1, 0.15) is 57.9 Å². The normalized spacial score (nSPS) is 16.0. The Morgan fingerprint density at radius 3 is 2.33 bits per heavy atom. The second-order valence-electron chi connectivity index (χ2n) is 6.63. The number of ether oxygens (including phenoxy) is 2. The summed E-state index contributed by atoms with van der Waals surface area (Å²) in [5, 5.41) is 2.92. The molecule has 1 fully saturated rings. The molecule has 1 atom stereocenters. The fourth-order valence-corrected chi connectivity index (χ4v) is 2.76. The molecule has 0 radical (unpaired) electrons. The Kier molecular flexibility index (Phi) is 6.64. The number of carbonyl (C=O) groups excluding carboxylic acids is 2. The Morgan fingerprint density at radius 2 is 1.75 bits per heavy atom. The largest absolute Gasteiger partial charge is 0.482 e. The van der Waals surface area contributed by atoms with Crippen molar-refractivity contribution in [2.24, 2.45) is 0 Å². The Balaban J connectivity index is 1.72. The van der Waals surface area contributed by atoms with Crippen molar-refractivity contribution in [2.75, 3.05) is 6.61 Å². The summed E-state index contributed by atoms with van der Waals surface area (Å²) < 4.78 is 10.5. The van der Waals surface area contributed by atoms with Gasteiger partial charge in [0.05, 0.1) is 0 Å². The first-order valence-corrected chi connectivity index (χ1v) is 8.68. The lowest BCUT2D eigenvalue weighted by Gasteiger charge is -2.17. The molecule has 0 spiro atoms. The minimum Gasteiger partial charge on any atom is -0.482 e. The molecule has 132 valence electrons. The Morgan fingerprint density at radius 1 is 1.12 bits per heavy atom. The maximum absolute atomic E-state index is 12.0. The molecule has 1 aromatic rings. The molecule has 0 heterocycles. The zero-order chi connectivity index (χ0) is 17.5. The molecule has 0 saturated heterocycles. The average Bonchev–Trinajstić information content (AvgIpc) is 3.06. The number of amides is 1. The van der Waals surface area contributed by atoms with E-state index in [9.17, 15) is 9.59 Å². The van der Waals surface area contributed by atoms with Crippen molar-refractivity contribution in [1.29, 1.82) is 0 Å². The molecule has 0 aromatic heterocycles. The summed E-state index contributed by atoms with van der Waals surface area (Å²) in [4.78, 5) is 23.8. The first-order valence-electron chi connectivity index (χ1n) is 8.68. The number of hydrogen-bond donors (Lipinski definition) is 1. The highest BCUT2D eigenvalue weighted by Gasteiger charge is 2.23. The van der Waals surface area contributed by atoms with Gasteiger partial charge in [0, 0.05) is 6.04 Å². The molecule has 5 heteroatoms. The second kappa shape index (κ2) is 8.71. The molecule has 1 aliphatic carbocycles. The van der Waals surface area contributed by atoms with Crippen LogP contribution in [-0.2, 0) is 14.3 Å². The molecular weight excluding hydrogens is 306 g/mol. The van der Waals surface area contributed by atoms with Crippen LogP contribution < -0.4 is 10.1 Å². The van der Waals surface area contributed by atoms with Gasteiger partial charge in [-0.25, -0.2) is 4.79 Å². The van der Waals surface area contributed by atoms with Crippen LogP contribution >= 0.6 is 0 Å². The van der Waals surface area contributed by atoms with E-state index in [1.54, 1.807) is 6.92 Å². The highest BCUT2D eigenvalue weighted by Crippen LogP contribution is 2.19. The number of nitrogens with one attached hydrogen (secondary N) is 1. The van der Waals surface area contributed by atoms with Crippen molar-refractivity contribution in [3.05, 3.63) is 29.8 Å². The van der Waals surface area contributed by atoms with Crippen LogP contribution in [0.25, 0.3) is 0 Å². The minimum absolute atomic E-state index is 0.206. The summed E-state index contributed by atoms with van der Waals surface area (Å²) in [6, 6.07) is 7.83. The van der Waals surface area contributed by atoms with Gasteiger partial charge in [-0.1, -0.05) is 38.8 Å². The molecular formula is C19H27NO4. The van der Waals surface area contributed by atoms with Gasteiger partial charge in [-0.2, -0.15) is 0 Å². The highest BCUT2D eigenvalue weighted by atomic mass is 16.6. The molecule has 0 aliphatic heterocycles. The number of esters is 1. The van der Waals surface area contributed by atoms with Crippen LogP contribution in [0.2, 0.25) is 0 Å². The maximum Gasteiger partial charge on any atom is 0.344 e. The van der Waals surface area contributed by atoms with Gasteiger partial charge in [-0.15, -0.1) is 0 Å². The molecule has 1 amide bonds. The van der Waals surface area contributed by atoms with Crippen LogP contribution in [0.4, 0.5) is 0 Å². The molecule has 0 unspecified atom stereocenters. The zero-order valence-electron chi connectivity index (χ0n) is 14.7. The number of hydrogen-bond acceptors (Lipinski definition) is 4. The summed E-state index contributed by atoms with van der Waals surface area (Å²) >= 11 is 0. The summed E-state index contributed by atoms with van der Waals surface area (Å²) in [7, 11) is 0. The van der Waals surface area contributed by atoms with Gasteiger partial charge in [-0.05, 0) is 43.4 Å². The van der Waals surface area contributed by atoms with Crippen molar-refractivity contribution in [1.82, 2.24) is 5.32 Å². The van der Waals surface area contributed by atoms with Crippen molar-refractivity contribution >= 4 is 11.9 Å². The third-order valence-corrected chi connectivity index (χ3v) is 4.28. The number of benzene rings is 1. The van der Waals surface area contributed by atoms with E-state index >= 15 is 0 Å². The van der Waals surface area contributed by atoms with Gasteiger partial charge >= 0.3 is 5.97 Å². The first kappa shape index (κ1) is 18.3. The zero-order valence-corrected chi connectivity index (χ0v) is 14.7. The van der Waals surface area contributed by atoms with Gasteiger partial charge in [0.2, 0.25) is 0 Å². The SMILES string of the molecule is CC(C)c1ccc(OCC(=O)O[C@H](C)C(=O)NC2CCCC2)cc1. The number of carbonyl (C=O) groups is 2. The van der Waals surface area contributed by atoms with Crippen LogP contribution in [-0.4, -0.2) is 30.6 Å². The highest BCUT2D eigenvalue weighted by molar-refractivity contribution is 5.83. The van der Waals surface area contributed by atoms with E-state index < -0.39 is 12.1 Å². The van der Waals surface area contributed by atoms with E-state index in [-0.39, 0.29) is 18.6 Å². The van der Waals surface area contributed by atoms with Gasteiger partial charge in [-0.3, -0.25) is 4.79 Å². The fourth-order valence-electron chi connectivity index (χ4n) is 2.76. The van der Waals surface area contributed by atoms with Crippen molar-refractivity contribution < 1.29 is 19.1 Å². The van der Waals surface area contributed by atoms with E-state index in [1.165, 1.54) is 5.56 Å². The number of rotatable bonds is 7. The Labute approximate surface area is 143 Å². The molecule has 1 saturated carbocycles. The van der Waals surface area contributed by atoms with E-state index in [2.05, 4.69) is 19.2 Å². The molecule has 1 aromatic carbocycles. The third-order valence-electron chi connectivity index (χ3n) is 4.28. The Hall–Kier alpha value is -2.04. The van der Waals surface area contributed by atoms with Crippen LogP contribution in [0.15, 0.2) is 24.3 Å². The van der Waals surface area contributed by atoms with E-state index in [0.717, 1.165) is 25.7 Å².